The Kier molecular flexibility index (Phi) is 6.36. The lowest BCUT2D eigenvalue weighted by molar-refractivity contribution is -0.122. The van der Waals surface area contributed by atoms with Crippen LogP contribution in [-0.2, 0) is 24.3 Å². The Morgan fingerprint density at radius 1 is 1.12 bits per heavy atom. The number of carbonyl (C=O) groups excluding carboxylic acids is 1. The molecule has 2 saturated heterocycles. The molecule has 2 aliphatic heterocycles. The summed E-state index contributed by atoms with van der Waals surface area (Å²) in [5.74, 6) is 2.20. The van der Waals surface area contributed by atoms with Crippen LogP contribution in [0, 0.1) is 0 Å². The molecular formula is C27H34N4O2. The number of imidazole rings is 1. The fraction of sp³-hybridized carbons (Fsp3) is 0.481. The predicted octanol–water partition coefficient (Wildman–Crippen LogP) is 4.31. The first-order valence-corrected chi connectivity index (χ1v) is 12.3. The summed E-state index contributed by atoms with van der Waals surface area (Å²) in [4.78, 5) is 20.1. The molecule has 174 valence electrons. The van der Waals surface area contributed by atoms with E-state index in [9.17, 15) is 4.79 Å². The zero-order valence-corrected chi connectivity index (χ0v) is 19.7. The molecule has 2 aromatic carbocycles. The second-order valence-corrected chi connectivity index (χ2v) is 9.36. The Morgan fingerprint density at radius 3 is 2.73 bits per heavy atom. The van der Waals surface area contributed by atoms with Crippen molar-refractivity contribution in [2.75, 3.05) is 7.11 Å². The Morgan fingerprint density at radius 2 is 1.94 bits per heavy atom. The second-order valence-electron chi connectivity index (χ2n) is 9.36. The lowest BCUT2D eigenvalue weighted by Crippen LogP contribution is -2.46. The topological polar surface area (TPSA) is 59.4 Å². The van der Waals surface area contributed by atoms with Gasteiger partial charge in [-0.25, -0.2) is 4.98 Å². The molecule has 1 N–H and O–H groups in total. The molecule has 1 amide bonds. The van der Waals surface area contributed by atoms with Crippen LogP contribution in [0.1, 0.15) is 50.4 Å². The van der Waals surface area contributed by atoms with Gasteiger partial charge >= 0.3 is 0 Å². The van der Waals surface area contributed by atoms with Crippen molar-refractivity contribution in [2.24, 2.45) is 0 Å². The number of hydrogen-bond donors (Lipinski definition) is 1. The monoisotopic (exact) mass is 446 g/mol. The molecule has 2 aliphatic rings. The van der Waals surface area contributed by atoms with E-state index >= 15 is 0 Å². The summed E-state index contributed by atoms with van der Waals surface area (Å²) < 4.78 is 7.68. The van der Waals surface area contributed by atoms with E-state index in [1.165, 1.54) is 11.1 Å². The number of rotatable bonds is 6. The highest BCUT2D eigenvalue weighted by Gasteiger charge is 2.42. The van der Waals surface area contributed by atoms with Crippen LogP contribution in [0.25, 0.3) is 11.0 Å². The molecule has 6 nitrogen and oxygen atoms in total. The van der Waals surface area contributed by atoms with Crippen LogP contribution < -0.4 is 10.1 Å². The van der Waals surface area contributed by atoms with Gasteiger partial charge in [0.05, 0.1) is 24.7 Å². The quantitative estimate of drug-likeness (QED) is 0.613. The maximum Gasteiger partial charge on any atom is 0.220 e. The van der Waals surface area contributed by atoms with E-state index < -0.39 is 0 Å². The molecule has 0 saturated carbocycles. The lowest BCUT2D eigenvalue weighted by Gasteiger charge is -2.32. The molecule has 0 spiro atoms. The highest BCUT2D eigenvalue weighted by molar-refractivity contribution is 5.76. The summed E-state index contributed by atoms with van der Waals surface area (Å²) in [7, 11) is 1.70. The van der Waals surface area contributed by atoms with Gasteiger partial charge in [-0.05, 0) is 62.4 Å². The smallest absolute Gasteiger partial charge is 0.220 e. The van der Waals surface area contributed by atoms with Gasteiger partial charge in [-0.2, -0.15) is 0 Å². The van der Waals surface area contributed by atoms with Crippen molar-refractivity contribution < 1.29 is 9.53 Å². The first-order chi connectivity index (χ1) is 16.2. The fourth-order valence-corrected chi connectivity index (χ4v) is 5.77. The van der Waals surface area contributed by atoms with Crippen molar-refractivity contribution in [1.29, 1.82) is 0 Å². The molecule has 0 unspecified atom stereocenters. The van der Waals surface area contributed by atoms with Gasteiger partial charge in [0, 0.05) is 31.1 Å². The summed E-state index contributed by atoms with van der Waals surface area (Å²) in [5.41, 5.74) is 3.56. The molecule has 0 radical (unpaired) electrons. The minimum atomic E-state index is 0.204. The molecule has 5 rings (SSSR count). The Bertz CT molecular complexity index is 1110. The van der Waals surface area contributed by atoms with E-state index in [-0.39, 0.29) is 11.9 Å². The van der Waals surface area contributed by atoms with Crippen molar-refractivity contribution in [2.45, 2.75) is 76.7 Å². The van der Waals surface area contributed by atoms with Gasteiger partial charge < -0.3 is 14.6 Å². The van der Waals surface area contributed by atoms with Crippen LogP contribution >= 0.6 is 0 Å². The molecule has 0 bridgehead atoms. The Hall–Kier alpha value is -2.86. The summed E-state index contributed by atoms with van der Waals surface area (Å²) in [6.07, 6.45) is 5.78. The maximum absolute atomic E-state index is 12.4. The van der Waals surface area contributed by atoms with Gasteiger partial charge in [-0.1, -0.05) is 30.7 Å². The third kappa shape index (κ3) is 4.49. The highest BCUT2D eigenvalue weighted by atomic mass is 16.5. The Labute approximate surface area is 195 Å². The van der Waals surface area contributed by atoms with Crippen molar-refractivity contribution >= 4 is 16.9 Å². The SMILES string of the molecule is CCn1c(CN2[C@H](Cc3ccc(OC)cc3)C[C@@H]3NC(=O)CCCC[C@H]32)nc2ccccc21. The zero-order chi connectivity index (χ0) is 22.8. The van der Waals surface area contributed by atoms with E-state index in [1.807, 2.05) is 12.1 Å². The van der Waals surface area contributed by atoms with Gasteiger partial charge in [0.25, 0.3) is 0 Å². The molecule has 2 fully saturated rings. The van der Waals surface area contributed by atoms with Crippen LogP contribution in [-0.4, -0.2) is 45.6 Å². The molecular weight excluding hydrogens is 412 g/mol. The standard InChI is InChI=1S/C27H34N4O2/c1-3-30-24-9-5-4-8-22(24)28-26(30)18-31-20(16-19-12-14-21(33-2)15-13-19)17-23-25(31)10-6-7-11-27(32)29-23/h4-5,8-9,12-15,20,23,25H,3,6-7,10-11,16-18H2,1-2H3,(H,29,32)/t20-,23+,25-/m1/s1. The third-order valence-corrected chi connectivity index (χ3v) is 7.39. The van der Waals surface area contributed by atoms with Crippen LogP contribution in [0.5, 0.6) is 5.75 Å². The molecule has 33 heavy (non-hydrogen) atoms. The van der Waals surface area contributed by atoms with E-state index in [4.69, 9.17) is 9.72 Å². The molecule has 3 atom stereocenters. The second kappa shape index (κ2) is 9.56. The van der Waals surface area contributed by atoms with Crippen LogP contribution in [0.15, 0.2) is 48.5 Å². The minimum Gasteiger partial charge on any atom is -0.497 e. The first kappa shape index (κ1) is 22.0. The number of nitrogens with one attached hydrogen (secondary N) is 1. The third-order valence-electron chi connectivity index (χ3n) is 7.39. The number of para-hydroxylation sites is 2. The average molecular weight is 447 g/mol. The number of aromatic nitrogens is 2. The minimum absolute atomic E-state index is 0.204. The normalized spacial score (nSPS) is 23.7. The van der Waals surface area contributed by atoms with Gasteiger partial charge in [0.15, 0.2) is 0 Å². The number of hydrogen-bond acceptors (Lipinski definition) is 4. The molecule has 0 aliphatic carbocycles. The van der Waals surface area contributed by atoms with Gasteiger partial charge in [-0.15, -0.1) is 0 Å². The zero-order valence-electron chi connectivity index (χ0n) is 19.7. The summed E-state index contributed by atoms with van der Waals surface area (Å²) in [6.45, 7) is 3.90. The van der Waals surface area contributed by atoms with Crippen LogP contribution in [0.3, 0.4) is 0 Å². The number of carbonyl (C=O) groups is 1. The first-order valence-electron chi connectivity index (χ1n) is 12.3. The highest BCUT2D eigenvalue weighted by Crippen LogP contribution is 2.34. The van der Waals surface area contributed by atoms with Crippen molar-refractivity contribution in [3.63, 3.8) is 0 Å². The number of benzene rings is 2. The summed E-state index contributed by atoms with van der Waals surface area (Å²) >= 11 is 0. The van der Waals surface area contributed by atoms with Crippen molar-refractivity contribution in [3.8, 4) is 5.75 Å². The molecule has 6 heteroatoms. The van der Waals surface area contributed by atoms with E-state index in [0.29, 0.717) is 18.5 Å². The van der Waals surface area contributed by atoms with Gasteiger partial charge in [0.1, 0.15) is 11.6 Å². The summed E-state index contributed by atoms with van der Waals surface area (Å²) in [6, 6.07) is 17.7. The number of likely N-dealkylation sites (tertiary alicyclic amines) is 1. The fourth-order valence-electron chi connectivity index (χ4n) is 5.77. The maximum atomic E-state index is 12.4. The molecule has 1 aromatic heterocycles. The molecule has 3 aromatic rings. The number of ether oxygens (including phenoxy) is 1. The number of aryl methyl sites for hydroxylation is 1. The van der Waals surface area contributed by atoms with Gasteiger partial charge in [-0.3, -0.25) is 9.69 Å². The van der Waals surface area contributed by atoms with Crippen LogP contribution in [0.2, 0.25) is 0 Å². The number of amides is 1. The summed E-state index contributed by atoms with van der Waals surface area (Å²) in [5, 5.41) is 3.36. The lowest BCUT2D eigenvalue weighted by atomic mass is 9.97. The number of nitrogens with zero attached hydrogens (tertiary/aromatic N) is 3. The average Bonchev–Trinajstić information content (AvgIpc) is 3.32. The van der Waals surface area contributed by atoms with Crippen LogP contribution in [0.4, 0.5) is 0 Å². The van der Waals surface area contributed by atoms with Crippen molar-refractivity contribution in [1.82, 2.24) is 19.8 Å². The molecule has 3 heterocycles. The number of methoxy groups -OCH3 is 1. The van der Waals surface area contributed by atoms with Crippen molar-refractivity contribution in [3.05, 3.63) is 59.9 Å². The van der Waals surface area contributed by atoms with E-state index in [2.05, 4.69) is 58.1 Å². The van der Waals surface area contributed by atoms with E-state index in [0.717, 1.165) is 62.3 Å². The van der Waals surface area contributed by atoms with Gasteiger partial charge in [0.2, 0.25) is 5.91 Å². The Balaban J connectivity index is 1.46. The van der Waals surface area contributed by atoms with E-state index in [1.54, 1.807) is 7.11 Å². The predicted molar refractivity (Wildman–Crippen MR) is 130 cm³/mol. The largest absolute Gasteiger partial charge is 0.497 e. The number of fused-ring (bicyclic) bond motifs is 2.